The Balaban J connectivity index is 2.29. The maximum Gasteiger partial charge on any atom is 0.138 e. The minimum Gasteiger partial charge on any atom is -0.383 e. The van der Waals surface area contributed by atoms with Gasteiger partial charge < -0.3 is 10.1 Å². The second-order valence-electron chi connectivity index (χ2n) is 4.04. The van der Waals surface area contributed by atoms with Gasteiger partial charge in [-0.25, -0.2) is 9.97 Å². The molecule has 0 fully saturated rings. The van der Waals surface area contributed by atoms with Crippen molar-refractivity contribution in [3.05, 3.63) is 23.8 Å². The largest absolute Gasteiger partial charge is 0.383 e. The van der Waals surface area contributed by atoms with E-state index in [1.54, 1.807) is 7.11 Å². The van der Waals surface area contributed by atoms with E-state index in [1.165, 1.54) is 0 Å². The Bertz CT molecular complexity index is 303. The lowest BCUT2D eigenvalue weighted by atomic mass is 10.3. The summed E-state index contributed by atoms with van der Waals surface area (Å²) in [5.74, 6) is 1.79. The fraction of sp³-hybridized carbons (Fsp3) is 0.667. The number of ether oxygens (including phenoxy) is 1. The Morgan fingerprint density at radius 2 is 2.06 bits per heavy atom. The van der Waals surface area contributed by atoms with Gasteiger partial charge in [-0.3, -0.25) is 0 Å². The highest BCUT2D eigenvalue weighted by Gasteiger charge is 2.00. The molecule has 0 saturated carbocycles. The predicted octanol–water partition coefficient (Wildman–Crippen LogP) is 1.85. The Labute approximate surface area is 108 Å². The molecule has 1 rings (SSSR count). The number of rotatable bonds is 8. The van der Waals surface area contributed by atoms with Crippen molar-refractivity contribution < 1.29 is 4.74 Å². The standard InChI is InChI=1S/C12H21N3OS/c1-10(2)17-9-12-14-7-11(8-15-12)6-13-4-5-16-3/h7-8,10,13H,4-6,9H2,1-3H3. The van der Waals surface area contributed by atoms with Crippen molar-refractivity contribution in [3.8, 4) is 0 Å². The van der Waals surface area contributed by atoms with Gasteiger partial charge in [0.15, 0.2) is 0 Å². The minimum absolute atomic E-state index is 0.619. The van der Waals surface area contributed by atoms with E-state index in [9.17, 15) is 0 Å². The minimum atomic E-state index is 0.619. The lowest BCUT2D eigenvalue weighted by molar-refractivity contribution is 0.199. The molecule has 0 unspecified atom stereocenters. The maximum absolute atomic E-state index is 4.96. The lowest BCUT2D eigenvalue weighted by Crippen LogP contribution is -2.18. The van der Waals surface area contributed by atoms with Crippen molar-refractivity contribution in [2.75, 3.05) is 20.3 Å². The summed E-state index contributed by atoms with van der Waals surface area (Å²) in [7, 11) is 1.70. The molecule has 5 heteroatoms. The van der Waals surface area contributed by atoms with Gasteiger partial charge in [-0.1, -0.05) is 13.8 Å². The average Bonchev–Trinajstić information content (AvgIpc) is 2.33. The van der Waals surface area contributed by atoms with Crippen LogP contribution in [0.15, 0.2) is 12.4 Å². The highest BCUT2D eigenvalue weighted by molar-refractivity contribution is 7.99. The van der Waals surface area contributed by atoms with Gasteiger partial charge >= 0.3 is 0 Å². The van der Waals surface area contributed by atoms with Crippen molar-refractivity contribution in [3.63, 3.8) is 0 Å². The number of hydrogen-bond acceptors (Lipinski definition) is 5. The Kier molecular flexibility index (Phi) is 7.16. The summed E-state index contributed by atoms with van der Waals surface area (Å²) >= 11 is 1.86. The molecule has 0 aromatic carbocycles. The number of nitrogens with zero attached hydrogens (tertiary/aromatic N) is 2. The zero-order valence-corrected chi connectivity index (χ0v) is 11.6. The first-order chi connectivity index (χ1) is 8.22. The smallest absolute Gasteiger partial charge is 0.138 e. The molecule has 96 valence electrons. The zero-order chi connectivity index (χ0) is 12.5. The highest BCUT2D eigenvalue weighted by atomic mass is 32.2. The van der Waals surface area contributed by atoms with Gasteiger partial charge in [-0.15, -0.1) is 0 Å². The van der Waals surface area contributed by atoms with Crippen LogP contribution in [-0.2, 0) is 17.0 Å². The van der Waals surface area contributed by atoms with E-state index in [4.69, 9.17) is 4.74 Å². The number of hydrogen-bond donors (Lipinski definition) is 1. The van der Waals surface area contributed by atoms with Crippen LogP contribution in [0.1, 0.15) is 25.2 Å². The molecule has 17 heavy (non-hydrogen) atoms. The zero-order valence-electron chi connectivity index (χ0n) is 10.8. The summed E-state index contributed by atoms with van der Waals surface area (Å²) in [6.45, 7) is 6.73. The molecular weight excluding hydrogens is 234 g/mol. The van der Waals surface area contributed by atoms with Gasteiger partial charge in [0, 0.05) is 38.2 Å². The van der Waals surface area contributed by atoms with Crippen molar-refractivity contribution in [1.82, 2.24) is 15.3 Å². The number of thioether (sulfide) groups is 1. The summed E-state index contributed by atoms with van der Waals surface area (Å²) in [6.07, 6.45) is 3.78. The van der Waals surface area contributed by atoms with E-state index in [-0.39, 0.29) is 0 Å². The van der Waals surface area contributed by atoms with E-state index >= 15 is 0 Å². The van der Waals surface area contributed by atoms with Crippen molar-refractivity contribution in [2.45, 2.75) is 31.4 Å². The second-order valence-corrected chi connectivity index (χ2v) is 5.60. The molecule has 0 bridgehead atoms. The molecule has 0 aliphatic rings. The molecule has 0 aliphatic carbocycles. The first-order valence-corrected chi connectivity index (χ1v) is 6.88. The third-order valence-electron chi connectivity index (χ3n) is 2.12. The van der Waals surface area contributed by atoms with Gasteiger partial charge in [0.25, 0.3) is 0 Å². The van der Waals surface area contributed by atoms with Gasteiger partial charge in [-0.2, -0.15) is 11.8 Å². The summed E-state index contributed by atoms with van der Waals surface area (Å²) in [6, 6.07) is 0. The maximum atomic E-state index is 4.96. The lowest BCUT2D eigenvalue weighted by Gasteiger charge is -2.05. The molecule has 1 aromatic heterocycles. The van der Waals surface area contributed by atoms with Gasteiger partial charge in [-0.05, 0) is 5.25 Å². The Hall–Kier alpha value is -0.650. The molecule has 4 nitrogen and oxygen atoms in total. The van der Waals surface area contributed by atoms with Gasteiger partial charge in [0.2, 0.25) is 0 Å². The average molecular weight is 255 g/mol. The highest BCUT2D eigenvalue weighted by Crippen LogP contribution is 2.13. The number of methoxy groups -OCH3 is 1. The normalized spacial score (nSPS) is 11.1. The molecule has 0 amide bonds. The van der Waals surface area contributed by atoms with Crippen LogP contribution in [0.25, 0.3) is 0 Å². The quantitative estimate of drug-likeness (QED) is 0.718. The summed E-state index contributed by atoms with van der Waals surface area (Å²) in [5.41, 5.74) is 1.11. The van der Waals surface area contributed by atoms with Crippen LogP contribution >= 0.6 is 11.8 Å². The van der Waals surface area contributed by atoms with Crippen LogP contribution in [0.3, 0.4) is 0 Å². The van der Waals surface area contributed by atoms with E-state index in [1.807, 2.05) is 24.2 Å². The molecule has 1 N–H and O–H groups in total. The molecule has 0 aliphatic heterocycles. The summed E-state index contributed by atoms with van der Waals surface area (Å²) in [4.78, 5) is 8.69. The molecule has 0 spiro atoms. The molecular formula is C12H21N3OS. The second kappa shape index (κ2) is 8.44. The van der Waals surface area contributed by atoms with E-state index in [0.717, 1.165) is 36.8 Å². The third kappa shape index (κ3) is 6.61. The van der Waals surface area contributed by atoms with E-state index in [0.29, 0.717) is 5.25 Å². The SMILES string of the molecule is COCCNCc1cnc(CSC(C)C)nc1. The predicted molar refractivity (Wildman–Crippen MR) is 72.0 cm³/mol. The molecule has 1 heterocycles. The third-order valence-corrected chi connectivity index (χ3v) is 3.21. The topological polar surface area (TPSA) is 47.0 Å². The Morgan fingerprint density at radius 1 is 1.35 bits per heavy atom. The molecule has 1 aromatic rings. The van der Waals surface area contributed by atoms with Crippen molar-refractivity contribution in [2.24, 2.45) is 0 Å². The van der Waals surface area contributed by atoms with Crippen LogP contribution in [-0.4, -0.2) is 35.5 Å². The Morgan fingerprint density at radius 3 is 2.65 bits per heavy atom. The van der Waals surface area contributed by atoms with Gasteiger partial charge in [0.05, 0.1) is 12.4 Å². The molecule has 0 atom stereocenters. The first-order valence-electron chi connectivity index (χ1n) is 5.83. The summed E-state index contributed by atoms with van der Waals surface area (Å²) in [5, 5.41) is 3.88. The molecule has 0 saturated heterocycles. The van der Waals surface area contributed by atoms with E-state index in [2.05, 4.69) is 29.1 Å². The van der Waals surface area contributed by atoms with Crippen LogP contribution in [0.5, 0.6) is 0 Å². The van der Waals surface area contributed by atoms with Gasteiger partial charge in [0.1, 0.15) is 5.82 Å². The number of nitrogens with one attached hydrogen (secondary N) is 1. The van der Waals surface area contributed by atoms with E-state index < -0.39 is 0 Å². The monoisotopic (exact) mass is 255 g/mol. The first kappa shape index (κ1) is 14.4. The molecule has 0 radical (unpaired) electrons. The number of aromatic nitrogens is 2. The van der Waals surface area contributed by atoms with Crippen LogP contribution in [0, 0.1) is 0 Å². The van der Waals surface area contributed by atoms with Crippen LogP contribution in [0.4, 0.5) is 0 Å². The van der Waals surface area contributed by atoms with Crippen LogP contribution < -0.4 is 5.32 Å². The summed E-state index contributed by atoms with van der Waals surface area (Å²) < 4.78 is 4.96. The fourth-order valence-electron chi connectivity index (χ4n) is 1.20. The van der Waals surface area contributed by atoms with Crippen molar-refractivity contribution >= 4 is 11.8 Å². The van der Waals surface area contributed by atoms with Crippen LogP contribution in [0.2, 0.25) is 0 Å². The van der Waals surface area contributed by atoms with Crippen molar-refractivity contribution in [1.29, 1.82) is 0 Å². The fourth-order valence-corrected chi connectivity index (χ4v) is 1.83.